The van der Waals surface area contributed by atoms with E-state index in [1.807, 2.05) is 24.3 Å². The van der Waals surface area contributed by atoms with Crippen molar-refractivity contribution in [2.24, 2.45) is 0 Å². The highest BCUT2D eigenvalue weighted by atomic mass is 16.5. The van der Waals surface area contributed by atoms with Gasteiger partial charge in [0.05, 0.1) is 6.61 Å². The van der Waals surface area contributed by atoms with Crippen LogP contribution < -0.4 is 15.5 Å². The summed E-state index contributed by atoms with van der Waals surface area (Å²) in [7, 11) is 1.68. The fourth-order valence-electron chi connectivity index (χ4n) is 2.06. The smallest absolute Gasteiger partial charge is 0.321 e. The minimum Gasteiger partial charge on any atom is -0.383 e. The molecule has 0 bridgehead atoms. The molecule has 1 aliphatic rings. The molecule has 1 unspecified atom stereocenters. The molecule has 2 amide bonds. The van der Waals surface area contributed by atoms with E-state index in [2.05, 4.69) is 17.6 Å². The monoisotopic (exact) mass is 249 g/mol. The molecule has 5 nitrogen and oxygen atoms in total. The predicted octanol–water partition coefficient (Wildman–Crippen LogP) is 1.66. The number of rotatable bonds is 5. The molecule has 2 N–H and O–H groups in total. The quantitative estimate of drug-likeness (QED) is 0.834. The highest BCUT2D eigenvalue weighted by Crippen LogP contribution is 2.21. The van der Waals surface area contributed by atoms with Crippen LogP contribution in [0, 0.1) is 0 Å². The van der Waals surface area contributed by atoms with Gasteiger partial charge in [-0.3, -0.25) is 4.90 Å². The number of hydrogen-bond acceptors (Lipinski definition) is 3. The van der Waals surface area contributed by atoms with Crippen LogP contribution in [0.25, 0.3) is 0 Å². The molecule has 0 radical (unpaired) electrons. The minimum atomic E-state index is -0.0305. The molecule has 0 aromatic heterocycles. The summed E-state index contributed by atoms with van der Waals surface area (Å²) in [6, 6.07) is 8.07. The number of methoxy groups -OCH3 is 1. The van der Waals surface area contributed by atoms with Crippen LogP contribution in [0.15, 0.2) is 24.3 Å². The van der Waals surface area contributed by atoms with Gasteiger partial charge in [0, 0.05) is 37.6 Å². The molecule has 1 heterocycles. The Kier molecular flexibility index (Phi) is 4.04. The summed E-state index contributed by atoms with van der Waals surface area (Å²) in [5, 5.41) is 6.13. The normalized spacial score (nSPS) is 16.6. The van der Waals surface area contributed by atoms with Gasteiger partial charge in [-0.1, -0.05) is 6.07 Å². The maximum atomic E-state index is 11.6. The van der Waals surface area contributed by atoms with Gasteiger partial charge in [-0.05, 0) is 25.1 Å². The van der Waals surface area contributed by atoms with Gasteiger partial charge in [-0.2, -0.15) is 0 Å². The summed E-state index contributed by atoms with van der Waals surface area (Å²) < 4.78 is 5.09. The zero-order valence-corrected chi connectivity index (χ0v) is 10.8. The largest absolute Gasteiger partial charge is 0.383 e. The standard InChI is InChI=1S/C13H19N3O2/c1-10(9-18-2)15-11-4-3-5-12(8-11)16-7-6-14-13(16)17/h3-5,8,10,15H,6-7,9H2,1-2H3,(H,14,17). The third-order valence-electron chi connectivity index (χ3n) is 2.84. The molecule has 0 spiro atoms. The van der Waals surface area contributed by atoms with E-state index in [-0.39, 0.29) is 12.1 Å². The van der Waals surface area contributed by atoms with Crippen LogP contribution in [0.4, 0.5) is 16.2 Å². The summed E-state index contributed by atoms with van der Waals surface area (Å²) in [5.41, 5.74) is 1.91. The maximum Gasteiger partial charge on any atom is 0.321 e. The van der Waals surface area contributed by atoms with Gasteiger partial charge < -0.3 is 15.4 Å². The maximum absolute atomic E-state index is 11.6. The first kappa shape index (κ1) is 12.7. The number of urea groups is 1. The second kappa shape index (κ2) is 5.73. The molecule has 1 aromatic rings. The lowest BCUT2D eigenvalue weighted by Gasteiger charge is -2.18. The first-order chi connectivity index (χ1) is 8.70. The summed E-state index contributed by atoms with van der Waals surface area (Å²) >= 11 is 0. The Bertz CT molecular complexity index is 422. The third-order valence-corrected chi connectivity index (χ3v) is 2.84. The third kappa shape index (κ3) is 2.92. The molecule has 5 heteroatoms. The molecular weight excluding hydrogens is 230 g/mol. The predicted molar refractivity (Wildman–Crippen MR) is 72.1 cm³/mol. The van der Waals surface area contributed by atoms with Crippen LogP contribution >= 0.6 is 0 Å². The van der Waals surface area contributed by atoms with Crippen LogP contribution in [0.3, 0.4) is 0 Å². The van der Waals surface area contributed by atoms with Gasteiger partial charge in [0.2, 0.25) is 0 Å². The Labute approximate surface area is 107 Å². The number of ether oxygens (including phenoxy) is 1. The molecule has 1 fully saturated rings. The number of nitrogens with zero attached hydrogens (tertiary/aromatic N) is 1. The Balaban J connectivity index is 2.07. The lowest BCUT2D eigenvalue weighted by atomic mass is 10.2. The lowest BCUT2D eigenvalue weighted by Crippen LogP contribution is -2.27. The molecule has 98 valence electrons. The Morgan fingerprint density at radius 1 is 1.56 bits per heavy atom. The van der Waals surface area contributed by atoms with Crippen molar-refractivity contribution in [3.05, 3.63) is 24.3 Å². The summed E-state index contributed by atoms with van der Waals surface area (Å²) in [6.07, 6.45) is 0. The van der Waals surface area contributed by atoms with E-state index in [4.69, 9.17) is 4.74 Å². The summed E-state index contributed by atoms with van der Waals surface area (Å²) in [6.45, 7) is 4.12. The van der Waals surface area contributed by atoms with Crippen LogP contribution in [0.2, 0.25) is 0 Å². The van der Waals surface area contributed by atoms with Crippen molar-refractivity contribution in [1.82, 2.24) is 5.32 Å². The van der Waals surface area contributed by atoms with E-state index in [1.165, 1.54) is 0 Å². The second-order valence-corrected chi connectivity index (χ2v) is 4.43. The molecule has 2 rings (SSSR count). The topological polar surface area (TPSA) is 53.6 Å². The fourth-order valence-corrected chi connectivity index (χ4v) is 2.06. The number of carbonyl (C=O) groups excluding carboxylic acids is 1. The molecule has 1 atom stereocenters. The molecule has 1 saturated heterocycles. The van der Waals surface area contributed by atoms with Crippen LogP contribution in [0.1, 0.15) is 6.92 Å². The van der Waals surface area contributed by atoms with Gasteiger partial charge in [-0.15, -0.1) is 0 Å². The Hall–Kier alpha value is -1.75. The van der Waals surface area contributed by atoms with Gasteiger partial charge in [0.15, 0.2) is 0 Å². The van der Waals surface area contributed by atoms with Crippen molar-refractivity contribution in [3.8, 4) is 0 Å². The van der Waals surface area contributed by atoms with Gasteiger partial charge >= 0.3 is 6.03 Å². The summed E-state index contributed by atoms with van der Waals surface area (Å²) in [5.74, 6) is 0. The number of benzene rings is 1. The van der Waals surface area contributed by atoms with Crippen molar-refractivity contribution in [1.29, 1.82) is 0 Å². The second-order valence-electron chi connectivity index (χ2n) is 4.43. The first-order valence-electron chi connectivity index (χ1n) is 6.11. The molecular formula is C13H19N3O2. The number of amides is 2. The Morgan fingerprint density at radius 2 is 2.39 bits per heavy atom. The van der Waals surface area contributed by atoms with Crippen LogP contribution in [-0.4, -0.2) is 38.9 Å². The fraction of sp³-hybridized carbons (Fsp3) is 0.462. The molecule has 1 aliphatic heterocycles. The zero-order valence-electron chi connectivity index (χ0n) is 10.8. The van der Waals surface area contributed by atoms with Crippen molar-refractivity contribution in [2.45, 2.75) is 13.0 Å². The SMILES string of the molecule is COCC(C)Nc1cccc(N2CCNC2=O)c1. The van der Waals surface area contributed by atoms with Crippen LogP contribution in [0.5, 0.6) is 0 Å². The van der Waals surface area contributed by atoms with Crippen molar-refractivity contribution >= 4 is 17.4 Å². The van der Waals surface area contributed by atoms with Crippen molar-refractivity contribution in [2.75, 3.05) is 37.0 Å². The highest BCUT2D eigenvalue weighted by Gasteiger charge is 2.21. The van der Waals surface area contributed by atoms with Gasteiger partial charge in [-0.25, -0.2) is 4.79 Å². The molecule has 1 aromatic carbocycles. The van der Waals surface area contributed by atoms with E-state index < -0.39 is 0 Å². The average Bonchev–Trinajstić information content (AvgIpc) is 2.76. The zero-order chi connectivity index (χ0) is 13.0. The molecule has 18 heavy (non-hydrogen) atoms. The number of hydrogen-bond donors (Lipinski definition) is 2. The van der Waals surface area contributed by atoms with E-state index in [1.54, 1.807) is 12.0 Å². The van der Waals surface area contributed by atoms with E-state index >= 15 is 0 Å². The number of anilines is 2. The first-order valence-corrected chi connectivity index (χ1v) is 6.11. The number of carbonyl (C=O) groups is 1. The van der Waals surface area contributed by atoms with Gasteiger partial charge in [0.1, 0.15) is 0 Å². The average molecular weight is 249 g/mol. The van der Waals surface area contributed by atoms with Crippen LogP contribution in [-0.2, 0) is 4.74 Å². The van der Waals surface area contributed by atoms with Crippen molar-refractivity contribution in [3.63, 3.8) is 0 Å². The van der Waals surface area contributed by atoms with E-state index in [9.17, 15) is 4.79 Å². The van der Waals surface area contributed by atoms with E-state index in [0.717, 1.165) is 17.9 Å². The van der Waals surface area contributed by atoms with Crippen molar-refractivity contribution < 1.29 is 9.53 Å². The lowest BCUT2D eigenvalue weighted by molar-refractivity contribution is 0.190. The minimum absolute atomic E-state index is 0.0305. The molecule has 0 aliphatic carbocycles. The Morgan fingerprint density at radius 3 is 3.06 bits per heavy atom. The van der Waals surface area contributed by atoms with Gasteiger partial charge in [0.25, 0.3) is 0 Å². The summed E-state index contributed by atoms with van der Waals surface area (Å²) in [4.78, 5) is 13.3. The molecule has 0 saturated carbocycles. The van der Waals surface area contributed by atoms with E-state index in [0.29, 0.717) is 13.2 Å². The number of nitrogens with one attached hydrogen (secondary N) is 2. The highest BCUT2D eigenvalue weighted by molar-refractivity contribution is 5.94.